The maximum Gasteiger partial charge on any atom is 0.334 e. The Labute approximate surface area is 162 Å². The van der Waals surface area contributed by atoms with Gasteiger partial charge in [-0.25, -0.2) is 4.79 Å². The van der Waals surface area contributed by atoms with Gasteiger partial charge in [0.05, 0.1) is 6.61 Å². The second kappa shape index (κ2) is 12.0. The fraction of sp³-hybridized carbons (Fsp3) is 0.571. The van der Waals surface area contributed by atoms with Crippen molar-refractivity contribution in [3.8, 4) is 0 Å². The molecule has 1 aromatic rings. The van der Waals surface area contributed by atoms with Crippen LogP contribution in [-0.4, -0.2) is 25.7 Å². The van der Waals surface area contributed by atoms with E-state index in [9.17, 15) is 4.79 Å². The first-order valence-corrected chi connectivity index (χ1v) is 10.2. The smallest absolute Gasteiger partial charge is 0.334 e. The minimum Gasteiger partial charge on any atom is -0.466 e. The molecule has 0 fully saturated rings. The molecule has 0 saturated heterocycles. The van der Waals surface area contributed by atoms with E-state index in [1.165, 1.54) is 10.5 Å². The van der Waals surface area contributed by atoms with Crippen LogP contribution >= 0.6 is 11.8 Å². The summed E-state index contributed by atoms with van der Waals surface area (Å²) in [4.78, 5) is 14.2. The number of carbonyl (C=O) groups excluding carboxylic acids is 1. The second-order valence-electron chi connectivity index (χ2n) is 6.35. The molecular weight excluding hydrogens is 346 g/mol. The highest BCUT2D eigenvalue weighted by Gasteiger charge is 2.12. The Bertz CT molecular complexity index is 643. The summed E-state index contributed by atoms with van der Waals surface area (Å²) < 4.78 is 10.7. The lowest BCUT2D eigenvalue weighted by Crippen LogP contribution is -2.19. The molecule has 0 bridgehead atoms. The molecule has 1 N–H and O–H groups in total. The summed E-state index contributed by atoms with van der Waals surface area (Å²) in [5.41, 5.74) is 2.03. The number of hydrogen-bond acceptors (Lipinski definition) is 5. The van der Waals surface area contributed by atoms with E-state index in [1.807, 2.05) is 39.8 Å². The van der Waals surface area contributed by atoms with Crippen molar-refractivity contribution in [1.29, 1.82) is 0 Å². The van der Waals surface area contributed by atoms with Gasteiger partial charge in [-0.15, -0.1) is 0 Å². The third-order valence-corrected chi connectivity index (χ3v) is 5.60. The van der Waals surface area contributed by atoms with E-state index in [2.05, 4.69) is 19.2 Å². The Morgan fingerprint density at radius 2 is 1.96 bits per heavy atom. The monoisotopic (exact) mass is 379 g/mol. The summed E-state index contributed by atoms with van der Waals surface area (Å²) in [5.74, 6) is 1.78. The van der Waals surface area contributed by atoms with Gasteiger partial charge in [0.15, 0.2) is 0 Å². The number of carbonyl (C=O) groups is 1. The average Bonchev–Trinajstić information content (AvgIpc) is 3.04. The summed E-state index contributed by atoms with van der Waals surface area (Å²) in [6.07, 6.45) is 2.98. The van der Waals surface area contributed by atoms with E-state index in [1.54, 1.807) is 11.8 Å². The van der Waals surface area contributed by atoms with Crippen LogP contribution in [0.15, 0.2) is 37.5 Å². The topological polar surface area (TPSA) is 51.5 Å². The van der Waals surface area contributed by atoms with Crippen LogP contribution in [0.4, 0.5) is 0 Å². The minimum absolute atomic E-state index is 0.229. The number of hydrogen-bond donors (Lipinski definition) is 1. The van der Waals surface area contributed by atoms with Gasteiger partial charge >= 0.3 is 5.97 Å². The molecule has 0 amide bonds. The Morgan fingerprint density at radius 3 is 2.54 bits per heavy atom. The van der Waals surface area contributed by atoms with Crippen LogP contribution < -0.4 is 5.32 Å². The molecule has 1 heterocycles. The Balaban J connectivity index is 2.54. The molecule has 4 nitrogen and oxygen atoms in total. The number of nitrogens with one attached hydrogen (secondary N) is 1. The normalized spacial score (nSPS) is 13.3. The zero-order chi connectivity index (χ0) is 19.5. The minimum atomic E-state index is -0.229. The van der Waals surface area contributed by atoms with Gasteiger partial charge in [0, 0.05) is 23.4 Å². The fourth-order valence-electron chi connectivity index (χ4n) is 2.32. The number of ether oxygens (including phenoxy) is 1. The highest BCUT2D eigenvalue weighted by molar-refractivity contribution is 8.06. The molecule has 0 aliphatic carbocycles. The molecule has 1 rings (SSSR count). The van der Waals surface area contributed by atoms with Crippen molar-refractivity contribution in [2.75, 3.05) is 19.7 Å². The van der Waals surface area contributed by atoms with Gasteiger partial charge in [-0.1, -0.05) is 24.3 Å². The van der Waals surface area contributed by atoms with Crippen LogP contribution in [0, 0.1) is 6.92 Å². The Kier molecular flexibility index (Phi) is 10.4. The van der Waals surface area contributed by atoms with E-state index in [-0.39, 0.29) is 5.97 Å². The largest absolute Gasteiger partial charge is 0.466 e. The maximum atomic E-state index is 11.9. The van der Waals surface area contributed by atoms with Gasteiger partial charge < -0.3 is 14.5 Å². The molecule has 0 atom stereocenters. The predicted octanol–water partition coefficient (Wildman–Crippen LogP) is 5.38. The third kappa shape index (κ3) is 7.83. The van der Waals surface area contributed by atoms with Crippen molar-refractivity contribution in [3.63, 3.8) is 0 Å². The number of furan rings is 1. The van der Waals surface area contributed by atoms with Crippen LogP contribution in [0.2, 0.25) is 0 Å². The highest BCUT2D eigenvalue weighted by Crippen LogP contribution is 2.30. The lowest BCUT2D eigenvalue weighted by Gasteiger charge is -2.14. The van der Waals surface area contributed by atoms with Crippen molar-refractivity contribution in [2.45, 2.75) is 60.8 Å². The van der Waals surface area contributed by atoms with Gasteiger partial charge in [0.1, 0.15) is 11.5 Å². The highest BCUT2D eigenvalue weighted by atomic mass is 32.2. The first kappa shape index (κ1) is 22.6. The molecule has 1 aromatic heterocycles. The van der Waals surface area contributed by atoms with E-state index in [0.717, 1.165) is 48.8 Å². The first-order valence-electron chi connectivity index (χ1n) is 9.36. The lowest BCUT2D eigenvalue weighted by atomic mass is 10.2. The van der Waals surface area contributed by atoms with Crippen LogP contribution in [-0.2, 0) is 16.0 Å². The lowest BCUT2D eigenvalue weighted by molar-refractivity contribution is -0.138. The number of esters is 1. The van der Waals surface area contributed by atoms with Crippen LogP contribution in [0.25, 0.3) is 0 Å². The molecule has 0 aliphatic heterocycles. The average molecular weight is 380 g/mol. The van der Waals surface area contributed by atoms with E-state index < -0.39 is 0 Å². The second-order valence-corrected chi connectivity index (χ2v) is 7.66. The summed E-state index contributed by atoms with van der Waals surface area (Å²) in [7, 11) is 0. The molecule has 26 heavy (non-hydrogen) atoms. The quantitative estimate of drug-likeness (QED) is 0.318. The fourth-order valence-corrected chi connectivity index (χ4v) is 3.42. The van der Waals surface area contributed by atoms with Crippen LogP contribution in [0.5, 0.6) is 0 Å². The molecular formula is C21H33NO3S. The zero-order valence-corrected chi connectivity index (χ0v) is 17.8. The molecule has 0 saturated carbocycles. The summed E-state index contributed by atoms with van der Waals surface area (Å²) in [6, 6.07) is 4.05. The Morgan fingerprint density at radius 1 is 1.23 bits per heavy atom. The number of rotatable bonds is 11. The SMILES string of the molecule is CCOC(=O)/C(C)=C(\C)SC(CNCCCc1ccc(C)o1)=C(C)CC. The number of aryl methyl sites for hydroxylation is 2. The van der Waals surface area contributed by atoms with Crippen molar-refractivity contribution in [3.05, 3.63) is 44.6 Å². The number of thioether (sulfide) groups is 1. The molecule has 0 spiro atoms. The molecule has 0 aliphatic rings. The molecule has 0 unspecified atom stereocenters. The molecule has 146 valence electrons. The van der Waals surface area contributed by atoms with Gasteiger partial charge in [-0.05, 0) is 71.0 Å². The van der Waals surface area contributed by atoms with Gasteiger partial charge in [0.25, 0.3) is 0 Å². The van der Waals surface area contributed by atoms with E-state index >= 15 is 0 Å². The van der Waals surface area contributed by atoms with E-state index in [0.29, 0.717) is 12.2 Å². The molecule has 0 aromatic carbocycles. The zero-order valence-electron chi connectivity index (χ0n) is 17.0. The standard InChI is InChI=1S/C21H33NO3S/c1-7-15(3)20(26-18(6)17(5)21(23)24-8-2)14-22-13-9-10-19-12-11-16(4)25-19/h11-12,22H,7-10,13-14H2,1-6H3/b18-17+,20-15?. The van der Waals surface area contributed by atoms with Gasteiger partial charge in [0.2, 0.25) is 0 Å². The van der Waals surface area contributed by atoms with Crippen molar-refractivity contribution < 1.29 is 13.9 Å². The van der Waals surface area contributed by atoms with Crippen molar-refractivity contribution in [2.24, 2.45) is 0 Å². The molecule has 5 heteroatoms. The number of allylic oxidation sites excluding steroid dienone is 2. The summed E-state index contributed by atoms with van der Waals surface area (Å²) in [6.45, 7) is 14.1. The predicted molar refractivity (Wildman–Crippen MR) is 110 cm³/mol. The summed E-state index contributed by atoms with van der Waals surface area (Å²) in [5, 5.41) is 3.52. The van der Waals surface area contributed by atoms with Gasteiger partial charge in [-0.3, -0.25) is 0 Å². The van der Waals surface area contributed by atoms with E-state index in [4.69, 9.17) is 9.15 Å². The maximum absolute atomic E-state index is 11.9. The van der Waals surface area contributed by atoms with Crippen LogP contribution in [0.1, 0.15) is 59.0 Å². The van der Waals surface area contributed by atoms with Crippen LogP contribution in [0.3, 0.4) is 0 Å². The van der Waals surface area contributed by atoms with Gasteiger partial charge in [-0.2, -0.15) is 0 Å². The van der Waals surface area contributed by atoms with Crippen molar-refractivity contribution in [1.82, 2.24) is 5.32 Å². The van der Waals surface area contributed by atoms with Crippen molar-refractivity contribution >= 4 is 17.7 Å². The first-order chi connectivity index (χ1) is 12.4. The third-order valence-electron chi connectivity index (χ3n) is 4.25. The summed E-state index contributed by atoms with van der Waals surface area (Å²) >= 11 is 1.67. The molecule has 0 radical (unpaired) electrons. The Hall–Kier alpha value is -1.46.